The number of barbiturate groups is 1. The van der Waals surface area contributed by atoms with Crippen molar-refractivity contribution in [1.29, 1.82) is 0 Å². The first-order valence-electron chi connectivity index (χ1n) is 8.14. The summed E-state index contributed by atoms with van der Waals surface area (Å²) in [5.74, 6) is -1.58. The number of aromatic nitrogens is 1. The molecule has 1 aromatic rings. The smallest absolute Gasteiger partial charge is 0.292 e. The lowest BCUT2D eigenvalue weighted by Gasteiger charge is -2.41. The highest BCUT2D eigenvalue weighted by Gasteiger charge is 2.55. The van der Waals surface area contributed by atoms with Crippen LogP contribution in [0, 0.1) is 5.41 Å². The Kier molecular flexibility index (Phi) is 4.24. The summed E-state index contributed by atoms with van der Waals surface area (Å²) in [6.07, 6.45) is 7.12. The van der Waals surface area contributed by atoms with Crippen molar-refractivity contribution in [3.05, 3.63) is 41.7 Å². The molecule has 1 atom stereocenters. The summed E-state index contributed by atoms with van der Waals surface area (Å²) in [7, 11) is 1.34. The maximum Gasteiger partial charge on any atom is 0.333 e. The van der Waals surface area contributed by atoms with Crippen molar-refractivity contribution in [3.63, 3.8) is 0 Å². The Bertz CT molecular complexity index is 787. The van der Waals surface area contributed by atoms with Gasteiger partial charge in [-0.25, -0.2) is 4.79 Å². The molecular weight excluding hydrogens is 322 g/mol. The molecular formula is C18H19N3O4. The lowest BCUT2D eigenvalue weighted by molar-refractivity contribution is -0.153. The van der Waals surface area contributed by atoms with E-state index in [1.165, 1.54) is 19.4 Å². The number of hydrogen-bond acceptors (Lipinski definition) is 5. The maximum absolute atomic E-state index is 13.0. The number of amides is 4. The molecule has 7 nitrogen and oxygen atoms in total. The van der Waals surface area contributed by atoms with E-state index >= 15 is 0 Å². The van der Waals surface area contributed by atoms with Gasteiger partial charge in [0.15, 0.2) is 5.78 Å². The number of carbonyl (C=O) groups is 4. The van der Waals surface area contributed by atoms with Crippen molar-refractivity contribution < 1.29 is 19.2 Å². The highest BCUT2D eigenvalue weighted by molar-refractivity contribution is 6.21. The normalized spacial score (nSPS) is 23.9. The molecule has 1 unspecified atom stereocenters. The fourth-order valence-corrected chi connectivity index (χ4v) is 3.35. The van der Waals surface area contributed by atoms with Crippen molar-refractivity contribution >= 4 is 23.6 Å². The molecule has 7 heteroatoms. The molecule has 2 heterocycles. The average Bonchev–Trinajstić information content (AvgIpc) is 3.17. The third-order valence-electron chi connectivity index (χ3n) is 4.89. The van der Waals surface area contributed by atoms with Gasteiger partial charge in [0.25, 0.3) is 5.91 Å². The van der Waals surface area contributed by atoms with E-state index in [-0.39, 0.29) is 0 Å². The summed E-state index contributed by atoms with van der Waals surface area (Å²) in [6.45, 7) is 1.13. The molecule has 2 aliphatic rings. The van der Waals surface area contributed by atoms with Gasteiger partial charge in [-0.15, -0.1) is 0 Å². The number of imide groups is 2. The Morgan fingerprint density at radius 2 is 2.04 bits per heavy atom. The SMILES string of the molecule is CN1C(=O)N(CC(=O)c2cccnc2)C(=O)C(C)(C2=CCCC2)C1=O. The first kappa shape index (κ1) is 17.0. The molecule has 1 aliphatic carbocycles. The third kappa shape index (κ3) is 2.65. The van der Waals surface area contributed by atoms with Gasteiger partial charge in [0.1, 0.15) is 5.41 Å². The molecule has 0 bridgehead atoms. The van der Waals surface area contributed by atoms with E-state index in [2.05, 4.69) is 4.98 Å². The molecule has 0 N–H and O–H groups in total. The molecule has 3 rings (SSSR count). The molecule has 4 amide bonds. The molecule has 1 aliphatic heterocycles. The lowest BCUT2D eigenvalue weighted by Crippen LogP contribution is -2.64. The number of nitrogens with zero attached hydrogens (tertiary/aromatic N) is 3. The monoisotopic (exact) mass is 341 g/mol. The van der Waals surface area contributed by atoms with Crippen LogP contribution in [0.3, 0.4) is 0 Å². The van der Waals surface area contributed by atoms with Crippen molar-refractivity contribution in [3.8, 4) is 0 Å². The average molecular weight is 341 g/mol. The second-order valence-corrected chi connectivity index (χ2v) is 6.45. The molecule has 130 valence electrons. The number of pyridine rings is 1. The van der Waals surface area contributed by atoms with Crippen LogP contribution in [-0.2, 0) is 9.59 Å². The summed E-state index contributed by atoms with van der Waals surface area (Å²) < 4.78 is 0. The van der Waals surface area contributed by atoms with Crippen molar-refractivity contribution in [1.82, 2.24) is 14.8 Å². The van der Waals surface area contributed by atoms with Crippen LogP contribution in [0.1, 0.15) is 36.5 Å². The van der Waals surface area contributed by atoms with Crippen molar-refractivity contribution in [2.75, 3.05) is 13.6 Å². The summed E-state index contributed by atoms with van der Waals surface area (Å²) in [6, 6.07) is 2.40. The number of hydrogen-bond donors (Lipinski definition) is 0. The van der Waals surface area contributed by atoms with Crippen LogP contribution in [0.15, 0.2) is 36.2 Å². The standard InChI is InChI=1S/C18H19N3O4/c1-18(13-7-3-4-8-13)15(23)20(2)17(25)21(16(18)24)11-14(22)12-6-5-9-19-10-12/h5-7,9-10H,3-4,8,11H2,1-2H3. The first-order chi connectivity index (χ1) is 11.9. The molecule has 0 radical (unpaired) electrons. The quantitative estimate of drug-likeness (QED) is 0.473. The van der Waals surface area contributed by atoms with E-state index in [0.29, 0.717) is 12.0 Å². The van der Waals surface area contributed by atoms with E-state index in [1.807, 2.05) is 6.08 Å². The van der Waals surface area contributed by atoms with Crippen LogP contribution in [0.2, 0.25) is 0 Å². The van der Waals surface area contributed by atoms with E-state index < -0.39 is 35.6 Å². The summed E-state index contributed by atoms with van der Waals surface area (Å²) >= 11 is 0. The number of rotatable bonds is 4. The largest absolute Gasteiger partial charge is 0.333 e. The Hall–Kier alpha value is -2.83. The fraction of sp³-hybridized carbons (Fsp3) is 0.389. The minimum absolute atomic E-state index is 0.310. The predicted octanol–water partition coefficient (Wildman–Crippen LogP) is 1.80. The van der Waals surface area contributed by atoms with Gasteiger partial charge in [0.05, 0.1) is 6.54 Å². The van der Waals surface area contributed by atoms with Gasteiger partial charge < -0.3 is 0 Å². The molecule has 25 heavy (non-hydrogen) atoms. The number of allylic oxidation sites excluding steroid dienone is 1. The van der Waals surface area contributed by atoms with Gasteiger partial charge in [-0.3, -0.25) is 29.2 Å². The van der Waals surface area contributed by atoms with Gasteiger partial charge in [0.2, 0.25) is 5.91 Å². The van der Waals surface area contributed by atoms with Gasteiger partial charge in [-0.2, -0.15) is 0 Å². The van der Waals surface area contributed by atoms with Gasteiger partial charge >= 0.3 is 6.03 Å². The lowest BCUT2D eigenvalue weighted by atomic mass is 9.77. The predicted molar refractivity (Wildman–Crippen MR) is 88.5 cm³/mol. The molecule has 1 saturated heterocycles. The van der Waals surface area contributed by atoms with E-state index in [0.717, 1.165) is 28.2 Å². The zero-order valence-electron chi connectivity index (χ0n) is 14.2. The van der Waals surface area contributed by atoms with Crippen LogP contribution in [-0.4, -0.2) is 52.0 Å². The van der Waals surface area contributed by atoms with Gasteiger partial charge in [0, 0.05) is 25.0 Å². The number of urea groups is 1. The maximum atomic E-state index is 13.0. The van der Waals surface area contributed by atoms with Crippen molar-refractivity contribution in [2.24, 2.45) is 5.41 Å². The minimum Gasteiger partial charge on any atom is -0.292 e. The topological polar surface area (TPSA) is 87.7 Å². The molecule has 0 saturated carbocycles. The Morgan fingerprint density at radius 3 is 2.64 bits per heavy atom. The van der Waals surface area contributed by atoms with Crippen LogP contribution in [0.5, 0.6) is 0 Å². The van der Waals surface area contributed by atoms with E-state index in [4.69, 9.17) is 0 Å². The summed E-state index contributed by atoms with van der Waals surface area (Å²) in [5.41, 5.74) is -0.390. The summed E-state index contributed by atoms with van der Waals surface area (Å²) in [4.78, 5) is 56.2. The molecule has 1 aromatic heterocycles. The van der Waals surface area contributed by atoms with Gasteiger partial charge in [-0.1, -0.05) is 6.08 Å². The van der Waals surface area contributed by atoms with Crippen LogP contribution < -0.4 is 0 Å². The second-order valence-electron chi connectivity index (χ2n) is 6.45. The molecule has 1 fully saturated rings. The Morgan fingerprint density at radius 1 is 1.28 bits per heavy atom. The highest BCUT2D eigenvalue weighted by atomic mass is 16.2. The zero-order chi connectivity index (χ0) is 18.2. The third-order valence-corrected chi connectivity index (χ3v) is 4.89. The Balaban J connectivity index is 1.93. The highest BCUT2D eigenvalue weighted by Crippen LogP contribution is 2.40. The molecule has 0 aromatic carbocycles. The number of carbonyl (C=O) groups excluding carboxylic acids is 4. The van der Waals surface area contributed by atoms with E-state index in [1.54, 1.807) is 19.1 Å². The Labute approximate surface area is 145 Å². The summed E-state index contributed by atoms with van der Waals surface area (Å²) in [5, 5.41) is 0. The van der Waals surface area contributed by atoms with Crippen molar-refractivity contribution in [2.45, 2.75) is 26.2 Å². The zero-order valence-corrected chi connectivity index (χ0v) is 14.2. The minimum atomic E-state index is -1.42. The number of ketones is 1. The number of Topliss-reactive ketones (excluding diaryl/α,β-unsaturated/α-hetero) is 1. The van der Waals surface area contributed by atoms with Gasteiger partial charge in [-0.05, 0) is 43.9 Å². The first-order valence-corrected chi connectivity index (χ1v) is 8.14. The van der Waals surface area contributed by atoms with E-state index in [9.17, 15) is 19.2 Å². The molecule has 0 spiro atoms. The van der Waals surface area contributed by atoms with Crippen LogP contribution in [0.25, 0.3) is 0 Å². The fourth-order valence-electron chi connectivity index (χ4n) is 3.35. The van der Waals surface area contributed by atoms with Crippen LogP contribution in [0.4, 0.5) is 4.79 Å². The van der Waals surface area contributed by atoms with Crippen LogP contribution >= 0.6 is 0 Å². The second kappa shape index (κ2) is 6.23.